The fraction of sp³-hybridized carbons (Fsp3) is 0.500. The molecule has 0 radical (unpaired) electrons. The van der Waals surface area contributed by atoms with E-state index < -0.39 is 0 Å². The van der Waals surface area contributed by atoms with Crippen molar-refractivity contribution in [1.82, 2.24) is 15.2 Å². The SMILES string of the molecule is Cc1csc(N(C(=O)c2n[nH]c(C3CC3)c2Cl)C2CC2)n1. The highest BCUT2D eigenvalue weighted by Gasteiger charge is 2.39. The molecule has 2 aliphatic rings. The molecule has 1 amide bonds. The Labute approximate surface area is 131 Å². The van der Waals surface area contributed by atoms with Crippen molar-refractivity contribution in [3.05, 3.63) is 27.5 Å². The van der Waals surface area contributed by atoms with E-state index >= 15 is 0 Å². The van der Waals surface area contributed by atoms with Crippen LogP contribution in [-0.4, -0.2) is 27.1 Å². The van der Waals surface area contributed by atoms with Crippen LogP contribution in [0, 0.1) is 6.92 Å². The molecule has 2 aliphatic carbocycles. The minimum Gasteiger partial charge on any atom is -0.280 e. The molecule has 110 valence electrons. The molecule has 2 aromatic rings. The number of nitrogens with zero attached hydrogens (tertiary/aromatic N) is 3. The van der Waals surface area contributed by atoms with Gasteiger partial charge in [-0.25, -0.2) is 4.98 Å². The first-order valence-corrected chi connectivity index (χ1v) is 8.40. The van der Waals surface area contributed by atoms with Gasteiger partial charge in [0.2, 0.25) is 0 Å². The second kappa shape index (κ2) is 4.81. The summed E-state index contributed by atoms with van der Waals surface area (Å²) in [6, 6.07) is 0.236. The first-order valence-electron chi connectivity index (χ1n) is 7.14. The Morgan fingerprint density at radius 3 is 2.76 bits per heavy atom. The van der Waals surface area contributed by atoms with Crippen LogP contribution in [0.25, 0.3) is 0 Å². The molecular weight excluding hydrogens is 308 g/mol. The number of aromatic amines is 1. The first kappa shape index (κ1) is 13.3. The third-order valence-corrected chi connectivity index (χ3v) is 5.20. The van der Waals surface area contributed by atoms with Gasteiger partial charge in [0.1, 0.15) is 0 Å². The lowest BCUT2D eigenvalue weighted by atomic mass is 10.2. The van der Waals surface area contributed by atoms with E-state index in [0.29, 0.717) is 16.6 Å². The number of amides is 1. The van der Waals surface area contributed by atoms with Gasteiger partial charge in [0.25, 0.3) is 5.91 Å². The second-order valence-corrected chi connectivity index (χ2v) is 6.97. The number of halogens is 1. The van der Waals surface area contributed by atoms with Crippen LogP contribution in [0.5, 0.6) is 0 Å². The number of rotatable bonds is 4. The third kappa shape index (κ3) is 2.36. The summed E-state index contributed by atoms with van der Waals surface area (Å²) in [5, 5.41) is 10.3. The molecule has 2 fully saturated rings. The summed E-state index contributed by atoms with van der Waals surface area (Å²) in [6.45, 7) is 1.93. The normalized spacial score (nSPS) is 18.0. The fourth-order valence-corrected chi connectivity index (χ4v) is 3.62. The maximum absolute atomic E-state index is 12.8. The molecule has 0 spiro atoms. The fourth-order valence-electron chi connectivity index (χ4n) is 2.43. The number of carbonyl (C=O) groups excluding carboxylic acids is 1. The molecule has 1 N–H and O–H groups in total. The van der Waals surface area contributed by atoms with Crippen LogP contribution in [0.4, 0.5) is 5.13 Å². The van der Waals surface area contributed by atoms with Crippen LogP contribution in [0.15, 0.2) is 5.38 Å². The summed E-state index contributed by atoms with van der Waals surface area (Å²) in [5.74, 6) is 0.308. The molecule has 2 heterocycles. The van der Waals surface area contributed by atoms with Crippen molar-refractivity contribution in [3.63, 3.8) is 0 Å². The number of thiazole rings is 1. The van der Waals surface area contributed by atoms with Crippen LogP contribution in [0.3, 0.4) is 0 Å². The standard InChI is InChI=1S/C14H15ClN4OS/c1-7-6-21-14(16-7)19(9-4-5-9)13(20)12-10(15)11(17-18-12)8-2-3-8/h6,8-9H,2-5H2,1H3,(H,17,18). The molecular formula is C14H15ClN4OS. The number of aryl methyl sites for hydroxylation is 1. The number of hydrogen-bond donors (Lipinski definition) is 1. The van der Waals surface area contributed by atoms with E-state index in [-0.39, 0.29) is 11.9 Å². The number of aromatic nitrogens is 3. The molecule has 0 saturated heterocycles. The summed E-state index contributed by atoms with van der Waals surface area (Å²) in [7, 11) is 0. The zero-order valence-electron chi connectivity index (χ0n) is 11.6. The van der Waals surface area contributed by atoms with Crippen molar-refractivity contribution in [2.24, 2.45) is 0 Å². The number of H-pyrrole nitrogens is 1. The van der Waals surface area contributed by atoms with Gasteiger partial charge in [-0.3, -0.25) is 14.8 Å². The Bertz CT molecular complexity index is 702. The van der Waals surface area contributed by atoms with Crippen LogP contribution < -0.4 is 4.90 Å². The Balaban J connectivity index is 1.68. The van der Waals surface area contributed by atoms with Crippen molar-refractivity contribution in [2.45, 2.75) is 44.6 Å². The zero-order chi connectivity index (χ0) is 14.6. The van der Waals surface area contributed by atoms with Gasteiger partial charge < -0.3 is 0 Å². The van der Waals surface area contributed by atoms with Crippen LogP contribution in [-0.2, 0) is 0 Å². The molecule has 21 heavy (non-hydrogen) atoms. The summed E-state index contributed by atoms with van der Waals surface area (Å²) in [4.78, 5) is 19.0. The van der Waals surface area contributed by atoms with Gasteiger partial charge in [-0.2, -0.15) is 5.10 Å². The van der Waals surface area contributed by atoms with Crippen molar-refractivity contribution in [3.8, 4) is 0 Å². The summed E-state index contributed by atoms with van der Waals surface area (Å²) >= 11 is 7.85. The highest BCUT2D eigenvalue weighted by molar-refractivity contribution is 7.14. The van der Waals surface area contributed by atoms with E-state index in [1.807, 2.05) is 12.3 Å². The van der Waals surface area contributed by atoms with E-state index in [1.54, 1.807) is 4.90 Å². The molecule has 2 aromatic heterocycles. The molecule has 0 atom stereocenters. The minimum absolute atomic E-state index is 0.139. The van der Waals surface area contributed by atoms with E-state index in [0.717, 1.165) is 42.2 Å². The molecule has 5 nitrogen and oxygen atoms in total. The topological polar surface area (TPSA) is 61.9 Å². The lowest BCUT2D eigenvalue weighted by Crippen LogP contribution is -2.33. The lowest BCUT2D eigenvalue weighted by Gasteiger charge is -2.18. The summed E-state index contributed by atoms with van der Waals surface area (Å²) in [5.41, 5.74) is 2.17. The van der Waals surface area contributed by atoms with Crippen LogP contribution >= 0.6 is 22.9 Å². The molecule has 0 aliphatic heterocycles. The monoisotopic (exact) mass is 322 g/mol. The first-order chi connectivity index (χ1) is 10.1. The number of anilines is 1. The smallest absolute Gasteiger partial charge is 0.280 e. The third-order valence-electron chi connectivity index (χ3n) is 3.86. The van der Waals surface area contributed by atoms with Crippen molar-refractivity contribution in [2.75, 3.05) is 4.90 Å². The van der Waals surface area contributed by atoms with Gasteiger partial charge in [-0.05, 0) is 32.6 Å². The molecule has 0 bridgehead atoms. The average Bonchev–Trinajstić information content (AvgIpc) is 3.37. The minimum atomic E-state index is -0.139. The van der Waals surface area contributed by atoms with Gasteiger partial charge >= 0.3 is 0 Å². The average molecular weight is 323 g/mol. The number of nitrogens with one attached hydrogen (secondary N) is 1. The molecule has 0 aromatic carbocycles. The lowest BCUT2D eigenvalue weighted by molar-refractivity contribution is 0.0980. The van der Waals surface area contributed by atoms with Crippen molar-refractivity contribution < 1.29 is 4.79 Å². The molecule has 7 heteroatoms. The van der Waals surface area contributed by atoms with Gasteiger partial charge in [-0.1, -0.05) is 11.6 Å². The molecule has 0 unspecified atom stereocenters. The van der Waals surface area contributed by atoms with Gasteiger partial charge in [0, 0.05) is 17.3 Å². The zero-order valence-corrected chi connectivity index (χ0v) is 13.2. The van der Waals surface area contributed by atoms with Crippen LogP contribution in [0.2, 0.25) is 5.02 Å². The largest absolute Gasteiger partial charge is 0.282 e. The molecule has 2 saturated carbocycles. The number of carbonyl (C=O) groups is 1. The summed E-state index contributed by atoms with van der Waals surface area (Å²) in [6.07, 6.45) is 4.27. The highest BCUT2D eigenvalue weighted by Crippen LogP contribution is 2.43. The van der Waals surface area contributed by atoms with E-state index in [4.69, 9.17) is 11.6 Å². The Morgan fingerprint density at radius 2 is 2.19 bits per heavy atom. The van der Waals surface area contributed by atoms with E-state index in [1.165, 1.54) is 11.3 Å². The van der Waals surface area contributed by atoms with Crippen molar-refractivity contribution >= 4 is 34.0 Å². The number of hydrogen-bond acceptors (Lipinski definition) is 4. The Kier molecular flexibility index (Phi) is 3.04. The van der Waals surface area contributed by atoms with Crippen molar-refractivity contribution in [1.29, 1.82) is 0 Å². The van der Waals surface area contributed by atoms with E-state index in [9.17, 15) is 4.79 Å². The van der Waals surface area contributed by atoms with Crippen LogP contribution in [0.1, 0.15) is 53.5 Å². The predicted octanol–water partition coefficient (Wildman–Crippen LogP) is 3.51. The Morgan fingerprint density at radius 1 is 1.43 bits per heavy atom. The maximum atomic E-state index is 12.8. The quantitative estimate of drug-likeness (QED) is 0.936. The maximum Gasteiger partial charge on any atom is 0.282 e. The predicted molar refractivity (Wildman–Crippen MR) is 82.3 cm³/mol. The molecule has 4 rings (SSSR count). The summed E-state index contributed by atoms with van der Waals surface area (Å²) < 4.78 is 0. The van der Waals surface area contributed by atoms with E-state index in [2.05, 4.69) is 15.2 Å². The highest BCUT2D eigenvalue weighted by atomic mass is 35.5. The van der Waals surface area contributed by atoms with Gasteiger partial charge in [-0.15, -0.1) is 11.3 Å². The second-order valence-electron chi connectivity index (χ2n) is 5.75. The Hall–Kier alpha value is -1.40. The van der Waals surface area contributed by atoms with Gasteiger partial charge in [0.15, 0.2) is 10.8 Å². The van der Waals surface area contributed by atoms with Gasteiger partial charge in [0.05, 0.1) is 16.4 Å².